The zero-order valence-corrected chi connectivity index (χ0v) is 10.3. The molecule has 1 heterocycles. The van der Waals surface area contributed by atoms with Crippen molar-refractivity contribution in [3.8, 4) is 6.07 Å². The van der Waals surface area contributed by atoms with E-state index < -0.39 is 0 Å². The second kappa shape index (κ2) is 4.96. The van der Waals surface area contributed by atoms with Crippen LogP contribution in [0.5, 0.6) is 0 Å². The van der Waals surface area contributed by atoms with E-state index in [1.54, 1.807) is 12.1 Å². The zero-order valence-electron chi connectivity index (χ0n) is 10.3. The number of carbonyl (C=O) groups excluding carboxylic acids is 1. The van der Waals surface area contributed by atoms with Crippen LogP contribution in [0.3, 0.4) is 0 Å². The second-order valence-corrected chi connectivity index (χ2v) is 4.29. The van der Waals surface area contributed by atoms with Crippen molar-refractivity contribution in [1.29, 1.82) is 5.26 Å². The lowest BCUT2D eigenvalue weighted by molar-refractivity contribution is -0.123. The van der Waals surface area contributed by atoms with Gasteiger partial charge in [0.25, 0.3) is 0 Å². The van der Waals surface area contributed by atoms with Gasteiger partial charge in [0.2, 0.25) is 5.91 Å². The van der Waals surface area contributed by atoms with Gasteiger partial charge in [-0.2, -0.15) is 5.26 Å². The van der Waals surface area contributed by atoms with Crippen molar-refractivity contribution in [3.63, 3.8) is 0 Å². The predicted octanol–water partition coefficient (Wildman–Crippen LogP) is 0.855. The quantitative estimate of drug-likeness (QED) is 0.756. The fourth-order valence-electron chi connectivity index (χ4n) is 2.29. The monoisotopic (exact) mass is 244 g/mol. The first-order valence-electron chi connectivity index (χ1n) is 6.01. The highest BCUT2D eigenvalue weighted by molar-refractivity contribution is 5.88. The number of nitrogens with zero attached hydrogens (tertiary/aromatic N) is 2. The van der Waals surface area contributed by atoms with Gasteiger partial charge in [0.1, 0.15) is 6.04 Å². The minimum atomic E-state index is -0.186. The van der Waals surface area contributed by atoms with E-state index in [2.05, 4.69) is 11.4 Å². The molecule has 1 saturated heterocycles. The maximum atomic E-state index is 11.8. The summed E-state index contributed by atoms with van der Waals surface area (Å²) in [6.45, 7) is 3.33. The average molecular weight is 244 g/mol. The van der Waals surface area contributed by atoms with Gasteiger partial charge in [-0.25, -0.2) is 0 Å². The molecule has 0 bridgehead atoms. The lowest BCUT2D eigenvalue weighted by Crippen LogP contribution is -2.55. The molecule has 1 unspecified atom stereocenters. The van der Waals surface area contributed by atoms with E-state index in [1.807, 2.05) is 17.9 Å². The van der Waals surface area contributed by atoms with Crippen molar-refractivity contribution >= 4 is 17.3 Å². The molecule has 1 aromatic carbocycles. The van der Waals surface area contributed by atoms with Crippen LogP contribution < -0.4 is 16.0 Å². The molecule has 5 heteroatoms. The minimum Gasteiger partial charge on any atom is -0.397 e. The zero-order chi connectivity index (χ0) is 13.1. The van der Waals surface area contributed by atoms with Crippen LogP contribution in [0.15, 0.2) is 18.2 Å². The van der Waals surface area contributed by atoms with Crippen molar-refractivity contribution in [2.45, 2.75) is 19.4 Å². The number of benzene rings is 1. The number of nitrogen functional groups attached to an aromatic ring is 1. The molecule has 1 atom stereocenters. The van der Waals surface area contributed by atoms with E-state index in [-0.39, 0.29) is 11.9 Å². The summed E-state index contributed by atoms with van der Waals surface area (Å²) in [5, 5.41) is 11.7. The highest BCUT2D eigenvalue weighted by Crippen LogP contribution is 2.27. The maximum Gasteiger partial charge on any atom is 0.242 e. The van der Waals surface area contributed by atoms with Crippen LogP contribution in [0.4, 0.5) is 11.4 Å². The van der Waals surface area contributed by atoms with Crippen LogP contribution in [0.2, 0.25) is 0 Å². The van der Waals surface area contributed by atoms with Gasteiger partial charge in [0, 0.05) is 13.1 Å². The highest BCUT2D eigenvalue weighted by atomic mass is 16.2. The molecule has 0 spiro atoms. The summed E-state index contributed by atoms with van der Waals surface area (Å²) < 4.78 is 0. The number of nitrogens with two attached hydrogens (primary N) is 1. The average Bonchev–Trinajstić information content (AvgIpc) is 2.38. The Balaban J connectivity index is 2.35. The predicted molar refractivity (Wildman–Crippen MR) is 70.0 cm³/mol. The standard InChI is InChI=1S/C13H16N4O/c1-2-11-13(18)16-5-6-17(11)12-4-3-9(8-14)7-10(12)15/h3-4,7,11H,2,5-6,15H2,1H3,(H,16,18). The van der Waals surface area contributed by atoms with Crippen LogP contribution in [0.25, 0.3) is 0 Å². The van der Waals surface area contributed by atoms with Crippen molar-refractivity contribution in [2.24, 2.45) is 0 Å². The Morgan fingerprint density at radius 2 is 2.39 bits per heavy atom. The number of hydrogen-bond acceptors (Lipinski definition) is 4. The maximum absolute atomic E-state index is 11.8. The van der Waals surface area contributed by atoms with Crippen molar-refractivity contribution in [1.82, 2.24) is 5.32 Å². The molecule has 1 aliphatic rings. The Bertz CT molecular complexity index is 506. The topological polar surface area (TPSA) is 82.2 Å². The summed E-state index contributed by atoms with van der Waals surface area (Å²) in [7, 11) is 0. The molecule has 1 aromatic rings. The Kier molecular flexibility index (Phi) is 3.38. The normalized spacial score (nSPS) is 19.2. The number of hydrogen-bond donors (Lipinski definition) is 2. The van der Waals surface area contributed by atoms with Gasteiger partial charge in [-0.3, -0.25) is 4.79 Å². The third kappa shape index (κ3) is 2.09. The van der Waals surface area contributed by atoms with E-state index in [9.17, 15) is 4.79 Å². The van der Waals surface area contributed by atoms with Crippen LogP contribution in [-0.2, 0) is 4.79 Å². The Morgan fingerprint density at radius 3 is 3.00 bits per heavy atom. The van der Waals surface area contributed by atoms with Gasteiger partial charge < -0.3 is 16.0 Å². The first-order valence-corrected chi connectivity index (χ1v) is 6.01. The Morgan fingerprint density at radius 1 is 1.61 bits per heavy atom. The molecule has 94 valence electrons. The SMILES string of the molecule is CCC1C(=O)NCCN1c1ccc(C#N)cc1N. The summed E-state index contributed by atoms with van der Waals surface area (Å²) >= 11 is 0. The smallest absolute Gasteiger partial charge is 0.242 e. The van der Waals surface area contributed by atoms with Crippen LogP contribution >= 0.6 is 0 Å². The molecule has 1 amide bonds. The lowest BCUT2D eigenvalue weighted by Gasteiger charge is -2.36. The third-order valence-electron chi connectivity index (χ3n) is 3.18. The van der Waals surface area contributed by atoms with Crippen LogP contribution in [0.1, 0.15) is 18.9 Å². The fourth-order valence-corrected chi connectivity index (χ4v) is 2.29. The minimum absolute atomic E-state index is 0.0347. The summed E-state index contributed by atoms with van der Waals surface area (Å²) in [6.07, 6.45) is 0.727. The number of nitriles is 1. The van der Waals surface area contributed by atoms with E-state index in [4.69, 9.17) is 11.0 Å². The largest absolute Gasteiger partial charge is 0.397 e. The van der Waals surface area contributed by atoms with Gasteiger partial charge in [-0.1, -0.05) is 6.92 Å². The molecule has 1 aliphatic heterocycles. The second-order valence-electron chi connectivity index (χ2n) is 4.29. The fraction of sp³-hybridized carbons (Fsp3) is 0.385. The van der Waals surface area contributed by atoms with Gasteiger partial charge in [0.15, 0.2) is 0 Å². The molecule has 0 saturated carbocycles. The number of anilines is 2. The molecule has 1 fully saturated rings. The van der Waals surface area contributed by atoms with Gasteiger partial charge in [-0.05, 0) is 24.6 Å². The number of nitrogens with one attached hydrogen (secondary N) is 1. The molecule has 0 aliphatic carbocycles. The molecule has 0 radical (unpaired) electrons. The van der Waals surface area contributed by atoms with Crippen LogP contribution in [0, 0.1) is 11.3 Å². The first kappa shape index (κ1) is 12.2. The Labute approximate surface area is 106 Å². The molecule has 3 N–H and O–H groups in total. The summed E-state index contributed by atoms with van der Waals surface area (Å²) in [5.74, 6) is 0.0347. The van der Waals surface area contributed by atoms with Crippen LogP contribution in [-0.4, -0.2) is 25.0 Å². The summed E-state index contributed by atoms with van der Waals surface area (Å²) in [6, 6.07) is 7.06. The first-order chi connectivity index (χ1) is 8.67. The van der Waals surface area contributed by atoms with Crippen molar-refractivity contribution in [2.75, 3.05) is 23.7 Å². The van der Waals surface area contributed by atoms with E-state index in [0.717, 1.165) is 18.7 Å². The molecule has 18 heavy (non-hydrogen) atoms. The highest BCUT2D eigenvalue weighted by Gasteiger charge is 2.29. The molecular weight excluding hydrogens is 228 g/mol. The van der Waals surface area contributed by atoms with E-state index >= 15 is 0 Å². The van der Waals surface area contributed by atoms with Crippen molar-refractivity contribution in [3.05, 3.63) is 23.8 Å². The van der Waals surface area contributed by atoms with Gasteiger partial charge in [0.05, 0.1) is 23.0 Å². The summed E-state index contributed by atoms with van der Waals surface area (Å²) in [4.78, 5) is 13.8. The third-order valence-corrected chi connectivity index (χ3v) is 3.18. The van der Waals surface area contributed by atoms with E-state index in [1.165, 1.54) is 0 Å². The number of rotatable bonds is 2. The number of amides is 1. The Hall–Kier alpha value is -2.22. The summed E-state index contributed by atoms with van der Waals surface area (Å²) in [5.41, 5.74) is 7.87. The van der Waals surface area contributed by atoms with E-state index in [0.29, 0.717) is 17.8 Å². The lowest BCUT2D eigenvalue weighted by atomic mass is 10.1. The molecule has 0 aromatic heterocycles. The molecule has 2 rings (SSSR count). The van der Waals surface area contributed by atoms with Gasteiger partial charge >= 0.3 is 0 Å². The molecular formula is C13H16N4O. The molecule has 5 nitrogen and oxygen atoms in total. The number of piperazine rings is 1. The van der Waals surface area contributed by atoms with Gasteiger partial charge in [-0.15, -0.1) is 0 Å². The van der Waals surface area contributed by atoms with Crippen molar-refractivity contribution < 1.29 is 4.79 Å². The number of carbonyl (C=O) groups is 1.